The SMILES string of the molecule is CCN1CCN(c2cc3c(cc2F)c2nc4c(OC)cccc4c-2cn3C2CC2)CC1. The first-order valence-electron chi connectivity index (χ1n) is 11.3. The van der Waals surface area contributed by atoms with Crippen LogP contribution in [0.3, 0.4) is 0 Å². The van der Waals surface area contributed by atoms with E-state index in [1.54, 1.807) is 13.2 Å². The number of fused-ring (bicyclic) bond motifs is 5. The van der Waals surface area contributed by atoms with Crippen LogP contribution in [0.25, 0.3) is 33.1 Å². The number of benzene rings is 2. The molecule has 5 nitrogen and oxygen atoms in total. The van der Waals surface area contributed by atoms with Crippen LogP contribution in [0.4, 0.5) is 10.1 Å². The molecule has 0 spiro atoms. The second-order valence-electron chi connectivity index (χ2n) is 8.74. The molecule has 4 aliphatic rings. The number of aromatic nitrogens is 2. The first kappa shape index (κ1) is 18.9. The van der Waals surface area contributed by atoms with Crippen LogP contribution in [0, 0.1) is 5.82 Å². The molecule has 0 atom stereocenters. The van der Waals surface area contributed by atoms with E-state index < -0.39 is 0 Å². The topological polar surface area (TPSA) is 33.5 Å². The number of hydrogen-bond donors (Lipinski definition) is 0. The lowest BCUT2D eigenvalue weighted by Crippen LogP contribution is -2.46. The average Bonchev–Trinajstić information content (AvgIpc) is 3.58. The van der Waals surface area contributed by atoms with Crippen molar-refractivity contribution in [3.05, 3.63) is 42.3 Å². The number of piperazine rings is 1. The van der Waals surface area contributed by atoms with Crippen molar-refractivity contribution in [2.75, 3.05) is 44.7 Å². The fourth-order valence-electron chi connectivity index (χ4n) is 5.02. The Labute approximate surface area is 181 Å². The molecule has 3 aliphatic heterocycles. The van der Waals surface area contributed by atoms with E-state index in [0.717, 1.165) is 71.5 Å². The molecule has 6 heteroatoms. The van der Waals surface area contributed by atoms with Gasteiger partial charge in [-0.25, -0.2) is 9.37 Å². The lowest BCUT2D eigenvalue weighted by molar-refractivity contribution is 0.270. The fraction of sp³-hybridized carbons (Fsp3) is 0.400. The lowest BCUT2D eigenvalue weighted by atomic mass is 10.0. The highest BCUT2D eigenvalue weighted by Gasteiger charge is 2.29. The van der Waals surface area contributed by atoms with Crippen molar-refractivity contribution in [2.45, 2.75) is 25.8 Å². The maximum Gasteiger partial charge on any atom is 0.147 e. The summed E-state index contributed by atoms with van der Waals surface area (Å²) in [5, 5.41) is 1.95. The average molecular weight is 419 g/mol. The van der Waals surface area contributed by atoms with E-state index in [0.29, 0.717) is 11.7 Å². The molecule has 160 valence electrons. The van der Waals surface area contributed by atoms with Gasteiger partial charge in [0.05, 0.1) is 24.0 Å². The maximum absolute atomic E-state index is 15.4. The van der Waals surface area contributed by atoms with Crippen molar-refractivity contribution in [3.63, 3.8) is 0 Å². The summed E-state index contributed by atoms with van der Waals surface area (Å²) in [5.74, 6) is 0.594. The van der Waals surface area contributed by atoms with Crippen molar-refractivity contribution in [2.24, 2.45) is 0 Å². The van der Waals surface area contributed by atoms with E-state index in [2.05, 4.69) is 39.6 Å². The molecule has 2 fully saturated rings. The van der Waals surface area contributed by atoms with Gasteiger partial charge in [-0.05, 0) is 37.6 Å². The van der Waals surface area contributed by atoms with Crippen LogP contribution in [0.15, 0.2) is 36.5 Å². The molecule has 1 saturated carbocycles. The van der Waals surface area contributed by atoms with E-state index in [9.17, 15) is 0 Å². The Morgan fingerprint density at radius 3 is 2.61 bits per heavy atom. The summed E-state index contributed by atoms with van der Waals surface area (Å²) in [5.41, 5.74) is 4.55. The smallest absolute Gasteiger partial charge is 0.147 e. The van der Waals surface area contributed by atoms with E-state index in [1.165, 1.54) is 12.8 Å². The third-order valence-corrected chi connectivity index (χ3v) is 6.95. The number of para-hydroxylation sites is 1. The number of likely N-dealkylation sites (N-methyl/N-ethyl adjacent to an activating group) is 1. The lowest BCUT2D eigenvalue weighted by Gasteiger charge is -2.35. The van der Waals surface area contributed by atoms with E-state index >= 15 is 4.39 Å². The summed E-state index contributed by atoms with van der Waals surface area (Å²) in [6.07, 6.45) is 4.56. The maximum atomic E-state index is 15.4. The predicted octanol–water partition coefficient (Wildman–Crippen LogP) is 4.92. The van der Waals surface area contributed by atoms with Gasteiger partial charge in [-0.3, -0.25) is 0 Å². The van der Waals surface area contributed by atoms with Gasteiger partial charge in [0.25, 0.3) is 0 Å². The molecule has 0 amide bonds. The van der Waals surface area contributed by atoms with Gasteiger partial charge in [-0.15, -0.1) is 0 Å². The van der Waals surface area contributed by atoms with Gasteiger partial charge in [0, 0.05) is 54.8 Å². The highest BCUT2D eigenvalue weighted by Crippen LogP contribution is 2.45. The normalized spacial score (nSPS) is 17.8. The van der Waals surface area contributed by atoms with Gasteiger partial charge < -0.3 is 19.1 Å². The van der Waals surface area contributed by atoms with Gasteiger partial charge in [-0.1, -0.05) is 19.1 Å². The molecule has 0 N–H and O–H groups in total. The molecule has 0 bridgehead atoms. The minimum Gasteiger partial charge on any atom is -0.494 e. The van der Waals surface area contributed by atoms with Crippen LogP contribution in [0.2, 0.25) is 0 Å². The first-order valence-corrected chi connectivity index (χ1v) is 11.3. The number of anilines is 1. The monoisotopic (exact) mass is 418 g/mol. The standard InChI is InChI=1S/C25H27FN4O/c1-3-28-9-11-29(12-10-28)22-14-21-18(13-20(22)26)24-19(15-30(21)16-7-8-16)17-5-4-6-23(31-2)25(17)27-24/h4-6,13-16H,3,7-12H2,1-2H3. The van der Waals surface area contributed by atoms with Crippen LogP contribution in [-0.4, -0.2) is 54.3 Å². The molecule has 6 rings (SSSR count). The fourth-order valence-corrected chi connectivity index (χ4v) is 5.02. The highest BCUT2D eigenvalue weighted by atomic mass is 19.1. The minimum absolute atomic E-state index is 0.161. The molecule has 31 heavy (non-hydrogen) atoms. The Kier molecular flexibility index (Phi) is 4.32. The third kappa shape index (κ3) is 2.96. The summed E-state index contributed by atoms with van der Waals surface area (Å²) in [6.45, 7) is 6.90. The number of pyridine rings is 1. The highest BCUT2D eigenvalue weighted by molar-refractivity contribution is 6.08. The summed E-state index contributed by atoms with van der Waals surface area (Å²) in [4.78, 5) is 9.52. The number of hydrogen-bond acceptors (Lipinski definition) is 4. The van der Waals surface area contributed by atoms with Crippen LogP contribution >= 0.6 is 0 Å². The van der Waals surface area contributed by atoms with Gasteiger partial charge in [-0.2, -0.15) is 0 Å². The van der Waals surface area contributed by atoms with Crippen molar-refractivity contribution < 1.29 is 9.13 Å². The zero-order valence-corrected chi connectivity index (χ0v) is 18.1. The van der Waals surface area contributed by atoms with Gasteiger partial charge in [0.15, 0.2) is 0 Å². The molecular weight excluding hydrogens is 391 g/mol. The molecule has 0 aromatic heterocycles. The van der Waals surface area contributed by atoms with Gasteiger partial charge >= 0.3 is 0 Å². The summed E-state index contributed by atoms with van der Waals surface area (Å²) < 4.78 is 23.3. The third-order valence-electron chi connectivity index (χ3n) is 6.95. The zero-order chi connectivity index (χ0) is 21.1. The number of ether oxygens (including phenoxy) is 1. The number of halogens is 1. The number of nitrogens with zero attached hydrogens (tertiary/aromatic N) is 4. The summed E-state index contributed by atoms with van der Waals surface area (Å²) in [6, 6.07) is 10.2. The van der Waals surface area contributed by atoms with Crippen LogP contribution in [0.1, 0.15) is 25.8 Å². The molecule has 0 unspecified atom stereocenters. The molecule has 3 heterocycles. The molecule has 2 aromatic rings. The van der Waals surface area contributed by atoms with Crippen molar-refractivity contribution in [3.8, 4) is 17.0 Å². The van der Waals surface area contributed by atoms with Gasteiger partial charge in [0.1, 0.15) is 17.1 Å². The van der Waals surface area contributed by atoms with Crippen LogP contribution in [0.5, 0.6) is 5.75 Å². The van der Waals surface area contributed by atoms with Crippen molar-refractivity contribution in [1.29, 1.82) is 0 Å². The molecule has 1 aliphatic carbocycles. The summed E-state index contributed by atoms with van der Waals surface area (Å²) in [7, 11) is 1.67. The molecule has 1 saturated heterocycles. The Morgan fingerprint density at radius 1 is 1.10 bits per heavy atom. The Balaban J connectivity index is 1.57. The van der Waals surface area contributed by atoms with Crippen molar-refractivity contribution in [1.82, 2.24) is 14.5 Å². The minimum atomic E-state index is -0.161. The number of methoxy groups -OCH3 is 1. The Hall–Kier alpha value is -2.86. The Bertz CT molecular complexity index is 1250. The van der Waals surface area contributed by atoms with Crippen LogP contribution < -0.4 is 9.64 Å². The quantitative estimate of drug-likeness (QED) is 0.471. The molecular formula is C25H27FN4O. The molecule has 0 radical (unpaired) electrons. The Morgan fingerprint density at radius 2 is 1.90 bits per heavy atom. The summed E-state index contributed by atoms with van der Waals surface area (Å²) >= 11 is 0. The number of rotatable bonds is 4. The van der Waals surface area contributed by atoms with E-state index in [1.807, 2.05) is 12.1 Å². The van der Waals surface area contributed by atoms with Gasteiger partial charge in [0.2, 0.25) is 0 Å². The van der Waals surface area contributed by atoms with E-state index in [-0.39, 0.29) is 5.82 Å². The van der Waals surface area contributed by atoms with E-state index in [4.69, 9.17) is 9.72 Å². The zero-order valence-electron chi connectivity index (χ0n) is 18.1. The predicted molar refractivity (Wildman–Crippen MR) is 123 cm³/mol. The van der Waals surface area contributed by atoms with Crippen molar-refractivity contribution >= 4 is 27.5 Å². The molecule has 2 aromatic carbocycles. The first-order chi connectivity index (χ1) is 15.2. The second-order valence-corrected chi connectivity index (χ2v) is 8.74. The largest absolute Gasteiger partial charge is 0.494 e. The van der Waals surface area contributed by atoms with Crippen LogP contribution in [-0.2, 0) is 0 Å². The second kappa shape index (κ2) is 7.09.